The summed E-state index contributed by atoms with van der Waals surface area (Å²) in [6.45, 7) is 0. The fourth-order valence-electron chi connectivity index (χ4n) is 2.39. The van der Waals surface area contributed by atoms with Crippen LogP contribution in [0.15, 0.2) is 91.5 Å². The average Bonchev–Trinajstić information content (AvgIpc) is 2.76. The molecule has 134 valence electrons. The first-order valence-electron chi connectivity index (χ1n) is 8.61. The van der Waals surface area contributed by atoms with Gasteiger partial charge >= 0.3 is 0 Å². The maximum atomic E-state index is 4.59. The van der Waals surface area contributed by atoms with E-state index < -0.39 is 0 Å². The lowest BCUT2D eigenvalue weighted by molar-refractivity contribution is 1.12. The van der Waals surface area contributed by atoms with Gasteiger partial charge in [0.25, 0.3) is 0 Å². The largest absolute Gasteiger partial charge is 0.378 e. The predicted octanol–water partition coefficient (Wildman–Crippen LogP) is 4.35. The number of hydrogen-bond donors (Lipinski definition) is 0. The monoisotopic (exact) mass is 355 g/mol. The standard InChI is InChI=1S/C15H11N3.C7H10N2/c1-3-10-16-12(6-1)14-8-5-9-15(18-14)13-7-2-4-11-17-13;1-9(2)7-3-5-8-6-4-7/h1-11H;3-6H,1-2H3. The number of hydrogen-bond acceptors (Lipinski definition) is 5. The predicted molar refractivity (Wildman–Crippen MR) is 109 cm³/mol. The van der Waals surface area contributed by atoms with Gasteiger partial charge in [-0.05, 0) is 48.5 Å². The first-order valence-corrected chi connectivity index (χ1v) is 8.61. The van der Waals surface area contributed by atoms with Crippen LogP contribution in [0, 0.1) is 0 Å². The van der Waals surface area contributed by atoms with Crippen LogP contribution in [0.1, 0.15) is 0 Å². The highest BCUT2D eigenvalue weighted by molar-refractivity contribution is 5.61. The molecule has 0 amide bonds. The zero-order valence-corrected chi connectivity index (χ0v) is 15.4. The Morgan fingerprint density at radius 2 is 1.07 bits per heavy atom. The Morgan fingerprint density at radius 1 is 0.556 bits per heavy atom. The second-order valence-electron chi connectivity index (χ2n) is 5.94. The molecule has 0 spiro atoms. The summed E-state index contributed by atoms with van der Waals surface area (Å²) in [6, 6.07) is 21.4. The smallest absolute Gasteiger partial charge is 0.0894 e. The summed E-state index contributed by atoms with van der Waals surface area (Å²) in [5.74, 6) is 0. The molecule has 0 saturated heterocycles. The molecule has 5 heteroatoms. The molecule has 4 rings (SSSR count). The minimum atomic E-state index is 0.860. The van der Waals surface area contributed by atoms with Crippen molar-refractivity contribution < 1.29 is 0 Å². The van der Waals surface area contributed by atoms with Gasteiger partial charge in [-0.2, -0.15) is 0 Å². The van der Waals surface area contributed by atoms with Gasteiger partial charge in [0.2, 0.25) is 0 Å². The number of aromatic nitrogens is 4. The fourth-order valence-corrected chi connectivity index (χ4v) is 2.39. The maximum absolute atomic E-state index is 4.59. The van der Waals surface area contributed by atoms with Gasteiger partial charge in [0.05, 0.1) is 22.8 Å². The molecule has 0 fully saturated rings. The van der Waals surface area contributed by atoms with E-state index in [2.05, 4.69) is 19.9 Å². The molecular weight excluding hydrogens is 334 g/mol. The third-order valence-corrected chi connectivity index (χ3v) is 3.78. The van der Waals surface area contributed by atoms with Crippen molar-refractivity contribution in [2.45, 2.75) is 0 Å². The molecule has 0 atom stereocenters. The number of rotatable bonds is 3. The normalized spacial score (nSPS) is 9.85. The van der Waals surface area contributed by atoms with Gasteiger partial charge in [-0.3, -0.25) is 15.0 Å². The van der Waals surface area contributed by atoms with Crippen molar-refractivity contribution in [3.63, 3.8) is 0 Å². The molecule has 0 bridgehead atoms. The second-order valence-corrected chi connectivity index (χ2v) is 5.94. The Labute approximate surface area is 159 Å². The quantitative estimate of drug-likeness (QED) is 0.547. The zero-order chi connectivity index (χ0) is 18.9. The lowest BCUT2D eigenvalue weighted by Gasteiger charge is -2.10. The maximum Gasteiger partial charge on any atom is 0.0894 e. The molecule has 0 saturated carbocycles. The first kappa shape index (κ1) is 18.2. The van der Waals surface area contributed by atoms with Crippen LogP contribution in [0.4, 0.5) is 5.69 Å². The molecule has 0 aromatic carbocycles. The molecule has 4 aromatic rings. The summed E-state index contributed by atoms with van der Waals surface area (Å²) in [5, 5.41) is 0. The lowest BCUT2D eigenvalue weighted by atomic mass is 10.2. The molecule has 0 unspecified atom stereocenters. The minimum absolute atomic E-state index is 0.860. The van der Waals surface area contributed by atoms with Crippen LogP contribution in [0.2, 0.25) is 0 Å². The molecule has 4 aromatic heterocycles. The lowest BCUT2D eigenvalue weighted by Crippen LogP contribution is -2.07. The highest BCUT2D eigenvalue weighted by atomic mass is 15.1. The van der Waals surface area contributed by atoms with Crippen molar-refractivity contribution in [3.8, 4) is 22.8 Å². The Balaban J connectivity index is 0.000000197. The molecule has 0 aliphatic heterocycles. The van der Waals surface area contributed by atoms with Crippen LogP contribution >= 0.6 is 0 Å². The van der Waals surface area contributed by atoms with Gasteiger partial charge in [0, 0.05) is 44.6 Å². The van der Waals surface area contributed by atoms with Gasteiger partial charge in [-0.25, -0.2) is 4.98 Å². The highest BCUT2D eigenvalue weighted by Crippen LogP contribution is 2.19. The number of pyridine rings is 4. The van der Waals surface area contributed by atoms with E-state index in [0.29, 0.717) is 0 Å². The Bertz CT molecular complexity index is 887. The van der Waals surface area contributed by atoms with Crippen molar-refractivity contribution in [3.05, 3.63) is 91.5 Å². The summed E-state index contributed by atoms with van der Waals surface area (Å²) in [4.78, 5) is 19.1. The molecular formula is C22H21N5. The average molecular weight is 355 g/mol. The minimum Gasteiger partial charge on any atom is -0.378 e. The van der Waals surface area contributed by atoms with Crippen molar-refractivity contribution in [1.82, 2.24) is 19.9 Å². The van der Waals surface area contributed by atoms with Crippen molar-refractivity contribution >= 4 is 5.69 Å². The number of anilines is 1. The second kappa shape index (κ2) is 9.20. The first-order chi connectivity index (χ1) is 13.2. The molecule has 0 radical (unpaired) electrons. The summed E-state index contributed by atoms with van der Waals surface area (Å²) in [5.41, 5.74) is 4.65. The van der Waals surface area contributed by atoms with E-state index in [1.807, 2.05) is 85.7 Å². The summed E-state index contributed by atoms with van der Waals surface area (Å²) >= 11 is 0. The van der Waals surface area contributed by atoms with Crippen molar-refractivity contribution in [2.75, 3.05) is 19.0 Å². The summed E-state index contributed by atoms with van der Waals surface area (Å²) in [7, 11) is 4.02. The van der Waals surface area contributed by atoms with E-state index in [0.717, 1.165) is 22.8 Å². The van der Waals surface area contributed by atoms with Crippen LogP contribution in [0.3, 0.4) is 0 Å². The topological polar surface area (TPSA) is 54.8 Å². The van der Waals surface area contributed by atoms with E-state index in [1.165, 1.54) is 5.69 Å². The van der Waals surface area contributed by atoms with Crippen LogP contribution in [-0.2, 0) is 0 Å². The Kier molecular flexibility index (Phi) is 6.20. The molecule has 4 heterocycles. The van der Waals surface area contributed by atoms with E-state index in [4.69, 9.17) is 0 Å². The van der Waals surface area contributed by atoms with E-state index in [9.17, 15) is 0 Å². The van der Waals surface area contributed by atoms with Gasteiger partial charge in [0.1, 0.15) is 0 Å². The van der Waals surface area contributed by atoms with Gasteiger partial charge in [-0.15, -0.1) is 0 Å². The number of nitrogens with zero attached hydrogens (tertiary/aromatic N) is 5. The molecule has 0 aliphatic rings. The zero-order valence-electron chi connectivity index (χ0n) is 15.4. The summed E-state index contributed by atoms with van der Waals surface area (Å²) in [6.07, 6.45) is 7.11. The molecule has 0 aliphatic carbocycles. The fraction of sp³-hybridized carbons (Fsp3) is 0.0909. The van der Waals surface area contributed by atoms with E-state index >= 15 is 0 Å². The highest BCUT2D eigenvalue weighted by Gasteiger charge is 2.03. The van der Waals surface area contributed by atoms with Crippen molar-refractivity contribution in [1.29, 1.82) is 0 Å². The third-order valence-electron chi connectivity index (χ3n) is 3.78. The third kappa shape index (κ3) is 5.19. The Morgan fingerprint density at radius 3 is 1.48 bits per heavy atom. The molecule has 5 nitrogen and oxygen atoms in total. The summed E-state index contributed by atoms with van der Waals surface area (Å²) < 4.78 is 0. The van der Waals surface area contributed by atoms with E-state index in [1.54, 1.807) is 24.8 Å². The molecule has 27 heavy (non-hydrogen) atoms. The van der Waals surface area contributed by atoms with E-state index in [-0.39, 0.29) is 0 Å². The van der Waals surface area contributed by atoms with Crippen LogP contribution in [-0.4, -0.2) is 34.0 Å². The van der Waals surface area contributed by atoms with Gasteiger partial charge in [0.15, 0.2) is 0 Å². The van der Waals surface area contributed by atoms with Gasteiger partial charge in [-0.1, -0.05) is 18.2 Å². The molecule has 0 N–H and O–H groups in total. The van der Waals surface area contributed by atoms with Crippen LogP contribution in [0.5, 0.6) is 0 Å². The van der Waals surface area contributed by atoms with Crippen molar-refractivity contribution in [2.24, 2.45) is 0 Å². The van der Waals surface area contributed by atoms with Crippen LogP contribution < -0.4 is 4.90 Å². The Hall–Kier alpha value is -3.60. The van der Waals surface area contributed by atoms with Gasteiger partial charge < -0.3 is 4.90 Å². The SMILES string of the molecule is CN(C)c1ccncc1.c1ccc(-c2cccc(-c3ccccn3)n2)nc1. The van der Waals surface area contributed by atoms with Crippen LogP contribution in [0.25, 0.3) is 22.8 Å².